The predicted octanol–water partition coefficient (Wildman–Crippen LogP) is 17.6. The van der Waals surface area contributed by atoms with E-state index in [0.717, 1.165) is 0 Å². The summed E-state index contributed by atoms with van der Waals surface area (Å²) < 4.78 is 2.64. The summed E-state index contributed by atoms with van der Waals surface area (Å²) >= 11 is 3.75. The summed E-state index contributed by atoms with van der Waals surface area (Å²) in [6.07, 6.45) is 0. The van der Waals surface area contributed by atoms with Crippen LogP contribution in [0.25, 0.3) is 118 Å². The van der Waals surface area contributed by atoms with Crippen molar-refractivity contribution in [2.45, 2.75) is 0 Å². The quantitative estimate of drug-likeness (QED) is 0.157. The molecule has 0 aliphatic rings. The molecule has 2 heterocycles. The van der Waals surface area contributed by atoms with Crippen LogP contribution in [-0.4, -0.2) is 0 Å². The van der Waals surface area contributed by atoms with Crippen molar-refractivity contribution in [2.75, 3.05) is 0 Å². The molecule has 0 nitrogen and oxygen atoms in total. The Morgan fingerprint density at radius 3 is 0.950 bits per heavy atom. The second kappa shape index (κ2) is 14.3. The number of rotatable bonds is 6. The van der Waals surface area contributed by atoms with E-state index in [0.29, 0.717) is 0 Å². The van der Waals surface area contributed by atoms with Crippen molar-refractivity contribution in [3.05, 3.63) is 218 Å². The Balaban J connectivity index is 0.772. The van der Waals surface area contributed by atoms with E-state index in [-0.39, 0.29) is 0 Å². The molecule has 0 amide bonds. The highest BCUT2D eigenvalue weighted by Gasteiger charge is 2.12. The van der Waals surface area contributed by atoms with Crippen LogP contribution in [0.3, 0.4) is 0 Å². The molecule has 10 aromatic carbocycles. The zero-order valence-corrected chi connectivity index (χ0v) is 34.2. The maximum absolute atomic E-state index is 2.38. The van der Waals surface area contributed by atoms with Gasteiger partial charge in [-0.3, -0.25) is 0 Å². The van der Waals surface area contributed by atoms with E-state index in [4.69, 9.17) is 0 Å². The average molecular weight is 797 g/mol. The molecule has 12 rings (SSSR count). The molecule has 0 unspecified atom stereocenters. The van der Waals surface area contributed by atoms with Gasteiger partial charge >= 0.3 is 0 Å². The fraction of sp³-hybridized carbons (Fsp3) is 0. The second-order valence-electron chi connectivity index (χ2n) is 15.7. The minimum Gasteiger partial charge on any atom is -0.135 e. The highest BCUT2D eigenvalue weighted by atomic mass is 32.1. The summed E-state index contributed by atoms with van der Waals surface area (Å²) in [6.45, 7) is 0. The van der Waals surface area contributed by atoms with Crippen molar-refractivity contribution in [3.8, 4) is 65.4 Å². The number of benzene rings is 10. The Morgan fingerprint density at radius 2 is 0.550 bits per heavy atom. The van der Waals surface area contributed by atoms with Crippen molar-refractivity contribution in [1.29, 1.82) is 0 Å². The van der Waals surface area contributed by atoms with Gasteiger partial charge in [-0.25, -0.2) is 0 Å². The SMILES string of the molecule is c1ccc2c(-c3ccc(-c4ccc(-c5cc6cc7cc8sc(-c9ccc(-c%10ccc(-c%11cccc%12ccccc%11%12)cc%10)cc9)cc8cc7cc6s5)cc4)cc3)cccc2c1. The Hall–Kier alpha value is -7.10. The largest absolute Gasteiger partial charge is 0.135 e. The summed E-state index contributed by atoms with van der Waals surface area (Å²) in [7, 11) is 0. The lowest BCUT2D eigenvalue weighted by Gasteiger charge is -2.09. The summed E-state index contributed by atoms with van der Waals surface area (Å²) in [5, 5.41) is 10.3. The number of fused-ring (bicyclic) bond motifs is 5. The van der Waals surface area contributed by atoms with Gasteiger partial charge in [0.2, 0.25) is 0 Å². The number of thiophene rings is 2. The fourth-order valence-corrected chi connectivity index (χ4v) is 11.1. The normalized spacial score (nSPS) is 11.7. The minimum absolute atomic E-state index is 1.23. The monoisotopic (exact) mass is 796 g/mol. The van der Waals surface area contributed by atoms with Gasteiger partial charge in [-0.1, -0.05) is 182 Å². The van der Waals surface area contributed by atoms with Gasteiger partial charge in [-0.2, -0.15) is 0 Å². The lowest BCUT2D eigenvalue weighted by atomic mass is 9.96. The third-order valence-corrected chi connectivity index (χ3v) is 14.4. The van der Waals surface area contributed by atoms with Gasteiger partial charge in [-0.15, -0.1) is 22.7 Å². The zero-order valence-electron chi connectivity index (χ0n) is 32.6. The molecule has 0 aliphatic carbocycles. The molecule has 60 heavy (non-hydrogen) atoms. The lowest BCUT2D eigenvalue weighted by Crippen LogP contribution is -1.83. The van der Waals surface area contributed by atoms with Crippen molar-refractivity contribution in [2.24, 2.45) is 0 Å². The summed E-state index contributed by atoms with van der Waals surface area (Å²) in [4.78, 5) is 2.60. The van der Waals surface area contributed by atoms with Gasteiger partial charge in [0, 0.05) is 19.2 Å². The Bertz CT molecular complexity index is 3230. The molecule has 2 aromatic heterocycles. The van der Waals surface area contributed by atoms with Crippen molar-refractivity contribution < 1.29 is 0 Å². The van der Waals surface area contributed by atoms with Crippen LogP contribution in [0.15, 0.2) is 218 Å². The molecule has 0 N–H and O–H groups in total. The molecular weight excluding hydrogens is 761 g/mol. The lowest BCUT2D eigenvalue weighted by molar-refractivity contribution is 1.60. The highest BCUT2D eigenvalue weighted by Crippen LogP contribution is 2.41. The molecule has 0 fully saturated rings. The van der Waals surface area contributed by atoms with Gasteiger partial charge in [-0.05, 0) is 135 Å². The van der Waals surface area contributed by atoms with Crippen LogP contribution in [0.5, 0.6) is 0 Å². The van der Waals surface area contributed by atoms with Gasteiger partial charge in [0.1, 0.15) is 0 Å². The van der Waals surface area contributed by atoms with Crippen molar-refractivity contribution >= 4 is 75.2 Å². The molecule has 0 aliphatic heterocycles. The van der Waals surface area contributed by atoms with Gasteiger partial charge < -0.3 is 0 Å². The first-order valence-corrected chi connectivity index (χ1v) is 22.1. The maximum Gasteiger partial charge on any atom is 0.0355 e. The van der Waals surface area contributed by atoms with E-state index in [1.54, 1.807) is 0 Å². The molecule has 0 saturated heterocycles. The maximum atomic E-state index is 2.38. The van der Waals surface area contributed by atoms with E-state index >= 15 is 0 Å². The zero-order chi connectivity index (χ0) is 39.6. The van der Waals surface area contributed by atoms with Crippen LogP contribution in [0, 0.1) is 0 Å². The van der Waals surface area contributed by atoms with Crippen molar-refractivity contribution in [1.82, 2.24) is 0 Å². The first-order chi connectivity index (χ1) is 29.7. The van der Waals surface area contributed by atoms with E-state index in [1.165, 1.54) is 118 Å². The Morgan fingerprint density at radius 1 is 0.217 bits per heavy atom. The molecule has 0 saturated carbocycles. The van der Waals surface area contributed by atoms with Crippen LogP contribution < -0.4 is 0 Å². The van der Waals surface area contributed by atoms with Crippen LogP contribution in [0.4, 0.5) is 0 Å². The molecule has 12 aromatic rings. The molecule has 280 valence electrons. The van der Waals surface area contributed by atoms with Gasteiger partial charge in [0.05, 0.1) is 0 Å². The first-order valence-electron chi connectivity index (χ1n) is 20.5. The molecule has 0 spiro atoms. The number of hydrogen-bond acceptors (Lipinski definition) is 2. The Kier molecular flexibility index (Phi) is 8.33. The summed E-state index contributed by atoms with van der Waals surface area (Å²) in [5.41, 5.74) is 12.5. The molecular formula is C58H36S2. The third kappa shape index (κ3) is 6.21. The molecule has 0 bridgehead atoms. The van der Waals surface area contributed by atoms with Gasteiger partial charge in [0.15, 0.2) is 0 Å². The van der Waals surface area contributed by atoms with E-state index < -0.39 is 0 Å². The topological polar surface area (TPSA) is 0 Å². The van der Waals surface area contributed by atoms with Crippen LogP contribution in [0.1, 0.15) is 0 Å². The fourth-order valence-electron chi connectivity index (χ4n) is 8.90. The summed E-state index contributed by atoms with van der Waals surface area (Å²) in [5.74, 6) is 0. The van der Waals surface area contributed by atoms with Gasteiger partial charge in [0.25, 0.3) is 0 Å². The standard InChI is InChI=1S/C58H36S2/c1-3-11-51-41(7-1)9-5-13-53(51)43-23-15-37(16-24-43)39-19-27-45(28-20-39)55-35-49-31-47-34-58-50(32-48(47)33-57(49)59-55)36-56(60-58)46-29-21-40(22-30-46)38-17-25-44(26-18-38)54-14-6-10-42-8-2-4-12-52(42)54/h1-36H. The number of hydrogen-bond donors (Lipinski definition) is 0. The van der Waals surface area contributed by atoms with Crippen LogP contribution in [0.2, 0.25) is 0 Å². The molecule has 2 heteroatoms. The first kappa shape index (κ1) is 34.9. The third-order valence-electron chi connectivity index (χ3n) is 12.1. The summed E-state index contributed by atoms with van der Waals surface area (Å²) in [6, 6.07) is 80.6. The Labute approximate surface area is 356 Å². The van der Waals surface area contributed by atoms with E-state index in [9.17, 15) is 0 Å². The predicted molar refractivity (Wildman–Crippen MR) is 262 cm³/mol. The second-order valence-corrected chi connectivity index (χ2v) is 17.9. The average Bonchev–Trinajstić information content (AvgIpc) is 3.93. The smallest absolute Gasteiger partial charge is 0.0355 e. The molecule has 0 atom stereocenters. The minimum atomic E-state index is 1.23. The van der Waals surface area contributed by atoms with E-state index in [2.05, 4.69) is 218 Å². The van der Waals surface area contributed by atoms with E-state index in [1.807, 2.05) is 22.7 Å². The van der Waals surface area contributed by atoms with Crippen LogP contribution in [-0.2, 0) is 0 Å². The van der Waals surface area contributed by atoms with Crippen molar-refractivity contribution in [3.63, 3.8) is 0 Å². The highest BCUT2D eigenvalue weighted by molar-refractivity contribution is 7.22. The molecule has 0 radical (unpaired) electrons. The van der Waals surface area contributed by atoms with Crippen LogP contribution >= 0.6 is 22.7 Å².